The molecule has 4 atom stereocenters. The number of hydrogen-bond donors (Lipinski definition) is 3. The average Bonchev–Trinajstić information content (AvgIpc) is 2.77. The van der Waals surface area contributed by atoms with Gasteiger partial charge < -0.3 is 30.2 Å². The van der Waals surface area contributed by atoms with E-state index in [4.69, 9.17) is 30.2 Å². The summed E-state index contributed by atoms with van der Waals surface area (Å²) in [6, 6.07) is -2.57. The van der Waals surface area contributed by atoms with Crippen LogP contribution in [-0.4, -0.2) is 99.0 Å². The molecule has 0 aliphatic heterocycles. The molecule has 17 heteroatoms. The van der Waals surface area contributed by atoms with Crippen molar-refractivity contribution in [3.63, 3.8) is 0 Å². The minimum atomic E-state index is -1.79. The van der Waals surface area contributed by atoms with Gasteiger partial charge in [-0.15, -0.1) is 0 Å². The number of rotatable bonds is 12. The molecule has 0 aromatic carbocycles. The molecule has 0 radical (unpaired) electrons. The predicted molar refractivity (Wildman–Crippen MR) is 146 cm³/mol. The van der Waals surface area contributed by atoms with Gasteiger partial charge in [0.05, 0.1) is 12.5 Å². The highest BCUT2D eigenvalue weighted by Crippen LogP contribution is 2.13. The van der Waals surface area contributed by atoms with Gasteiger partial charge >= 0.3 is 17.9 Å². The highest BCUT2D eigenvalue weighted by Gasteiger charge is 2.34. The van der Waals surface area contributed by atoms with E-state index in [9.17, 15) is 43.4 Å². The van der Waals surface area contributed by atoms with Crippen LogP contribution < -0.4 is 5.73 Å². The minimum Gasteiger partial charge on any atom is -0.460 e. The van der Waals surface area contributed by atoms with E-state index in [2.05, 4.69) is 0 Å². The van der Waals surface area contributed by atoms with Crippen LogP contribution in [0.1, 0.15) is 81.6 Å². The molecule has 0 saturated heterocycles. The number of esters is 3. The maximum atomic E-state index is 12.1. The summed E-state index contributed by atoms with van der Waals surface area (Å²) in [7, 11) is 0. The van der Waals surface area contributed by atoms with Crippen LogP contribution in [0.2, 0.25) is 0 Å². The second-order valence-electron chi connectivity index (χ2n) is 11.9. The number of aliphatic hydroxyl groups excluding tert-OH is 2. The molecule has 0 saturated carbocycles. The van der Waals surface area contributed by atoms with E-state index in [-0.39, 0.29) is 19.4 Å². The Morgan fingerprint density at radius 1 is 0.738 bits per heavy atom. The minimum absolute atomic E-state index is 0.162. The molecular formula is C25H47F2N3O12. The third-order valence-corrected chi connectivity index (χ3v) is 4.06. The van der Waals surface area contributed by atoms with Crippen molar-refractivity contribution in [2.75, 3.05) is 19.9 Å². The third kappa shape index (κ3) is 28.5. The number of ether oxygens (including phenoxy) is 3. The molecule has 0 amide bonds. The van der Waals surface area contributed by atoms with E-state index in [1.54, 1.807) is 62.3 Å². The van der Waals surface area contributed by atoms with Crippen molar-refractivity contribution in [1.82, 2.24) is 0 Å². The van der Waals surface area contributed by atoms with Crippen molar-refractivity contribution in [3.8, 4) is 0 Å². The number of alkyl halides is 2. The third-order valence-electron chi connectivity index (χ3n) is 4.06. The quantitative estimate of drug-likeness (QED) is 0.123. The molecule has 0 rings (SSSR count). The lowest BCUT2D eigenvalue weighted by Crippen LogP contribution is -2.39. The standard InChI is InChI=1S/C9H16FNO5.C9H18FNO3.C7H13NO4/c1-9(2,3)16-8(13)4-6(11(14)15)7(12)5-10;1-9(2,3)14-8(13)4-6(11)7(12)5-10;1-7(2,3)12-6(9)4-5-8(10)11/h6-7,12H,4-5H2,1-3H3;6-7,12H,4-5,11H2,1-3H3;4-5H2,1-3H3. The zero-order chi connectivity index (χ0) is 34.1. The van der Waals surface area contributed by atoms with Crippen molar-refractivity contribution >= 4 is 17.9 Å². The summed E-state index contributed by atoms with van der Waals surface area (Å²) in [5.74, 6) is -1.89. The maximum Gasteiger partial charge on any atom is 0.313 e. The fourth-order valence-electron chi connectivity index (χ4n) is 2.41. The van der Waals surface area contributed by atoms with Gasteiger partial charge in [0.25, 0.3) is 6.04 Å². The van der Waals surface area contributed by atoms with E-state index in [0.29, 0.717) is 0 Å². The molecule has 0 spiro atoms. The summed E-state index contributed by atoms with van der Waals surface area (Å²) in [5, 5.41) is 38.3. The molecule has 15 nitrogen and oxygen atoms in total. The molecule has 42 heavy (non-hydrogen) atoms. The first-order valence-electron chi connectivity index (χ1n) is 12.9. The zero-order valence-electron chi connectivity index (χ0n) is 25.8. The van der Waals surface area contributed by atoms with Gasteiger partial charge in [-0.2, -0.15) is 0 Å². The summed E-state index contributed by atoms with van der Waals surface area (Å²) in [6.07, 6.45) is -4.08. The number of carbonyl (C=O) groups is 3. The van der Waals surface area contributed by atoms with Crippen LogP contribution in [0.4, 0.5) is 8.78 Å². The number of carbonyl (C=O) groups excluding carboxylic acids is 3. The van der Waals surface area contributed by atoms with Gasteiger partial charge in [0, 0.05) is 15.9 Å². The number of nitrogens with zero attached hydrogens (tertiary/aromatic N) is 2. The van der Waals surface area contributed by atoms with Gasteiger partial charge in [-0.1, -0.05) is 0 Å². The molecule has 0 heterocycles. The molecule has 4 unspecified atom stereocenters. The number of aliphatic hydroxyl groups is 2. The fraction of sp³-hybridized carbons (Fsp3) is 0.880. The van der Waals surface area contributed by atoms with E-state index in [1.807, 2.05) is 0 Å². The van der Waals surface area contributed by atoms with E-state index >= 15 is 0 Å². The Kier molecular flexibility index (Phi) is 20.6. The first-order valence-corrected chi connectivity index (χ1v) is 12.9. The van der Waals surface area contributed by atoms with Crippen LogP contribution in [0.3, 0.4) is 0 Å². The summed E-state index contributed by atoms with van der Waals surface area (Å²) in [4.78, 5) is 52.1. The van der Waals surface area contributed by atoms with Gasteiger partial charge in [0.15, 0.2) is 0 Å². The van der Waals surface area contributed by atoms with Gasteiger partial charge in [-0.25, -0.2) is 8.78 Å². The Balaban J connectivity index is -0.000000549. The van der Waals surface area contributed by atoms with Gasteiger partial charge in [0.2, 0.25) is 6.54 Å². The van der Waals surface area contributed by atoms with Crippen molar-refractivity contribution in [2.24, 2.45) is 5.73 Å². The first kappa shape index (κ1) is 43.4. The molecule has 4 N–H and O–H groups in total. The smallest absolute Gasteiger partial charge is 0.313 e. The number of hydrogen-bond acceptors (Lipinski definition) is 13. The van der Waals surface area contributed by atoms with Gasteiger partial charge in [-0.05, 0) is 62.3 Å². The molecule has 0 aromatic rings. The van der Waals surface area contributed by atoms with E-state index in [1.165, 1.54) is 0 Å². The molecule has 248 valence electrons. The Morgan fingerprint density at radius 3 is 1.40 bits per heavy atom. The highest BCUT2D eigenvalue weighted by molar-refractivity contribution is 5.71. The molecule has 0 aromatic heterocycles. The largest absolute Gasteiger partial charge is 0.460 e. The lowest BCUT2D eigenvalue weighted by molar-refractivity contribution is -0.533. The highest BCUT2D eigenvalue weighted by atomic mass is 19.1. The van der Waals surface area contributed by atoms with Crippen molar-refractivity contribution < 1.29 is 57.4 Å². The van der Waals surface area contributed by atoms with Crippen LogP contribution in [-0.2, 0) is 28.6 Å². The van der Waals surface area contributed by atoms with Crippen molar-refractivity contribution in [1.29, 1.82) is 0 Å². The fourth-order valence-corrected chi connectivity index (χ4v) is 2.41. The number of nitro groups is 2. The van der Waals surface area contributed by atoms with Crippen molar-refractivity contribution in [2.45, 2.75) is 123 Å². The van der Waals surface area contributed by atoms with E-state index < -0.39 is 88.6 Å². The average molecular weight is 620 g/mol. The molecule has 0 bridgehead atoms. The van der Waals surface area contributed by atoms with E-state index in [0.717, 1.165) is 0 Å². The second-order valence-corrected chi connectivity index (χ2v) is 11.9. The lowest BCUT2D eigenvalue weighted by Gasteiger charge is -2.21. The summed E-state index contributed by atoms with van der Waals surface area (Å²) in [5.41, 5.74) is 3.44. The molecule has 0 aliphatic carbocycles. The van der Waals surface area contributed by atoms with Crippen molar-refractivity contribution in [3.05, 3.63) is 20.2 Å². The molecule has 0 fully saturated rings. The summed E-state index contributed by atoms with van der Waals surface area (Å²) < 4.78 is 38.7. The van der Waals surface area contributed by atoms with Crippen LogP contribution >= 0.6 is 0 Å². The second kappa shape index (κ2) is 20.0. The topological polar surface area (TPSA) is 232 Å². The Labute approximate surface area is 244 Å². The Hall–Kier alpha value is -3.05. The number of nitrogens with two attached hydrogens (primary N) is 1. The van der Waals surface area contributed by atoms with Crippen LogP contribution in [0.5, 0.6) is 0 Å². The van der Waals surface area contributed by atoms with Crippen LogP contribution in [0.15, 0.2) is 0 Å². The molecular weight excluding hydrogens is 572 g/mol. The maximum absolute atomic E-state index is 12.1. The SMILES string of the molecule is CC(C)(C)OC(=O)CC(C(O)CF)[N+](=O)[O-].CC(C)(C)OC(=O)CC(N)C(O)CF.CC(C)(C)OC(=O)CC[N+](=O)[O-]. The van der Waals surface area contributed by atoms with Gasteiger partial charge in [-0.3, -0.25) is 34.6 Å². The van der Waals surface area contributed by atoms with Crippen LogP contribution in [0, 0.1) is 20.2 Å². The first-order chi connectivity index (χ1) is 18.7. The van der Waals surface area contributed by atoms with Gasteiger partial charge in [0.1, 0.15) is 49.1 Å². The Morgan fingerprint density at radius 2 is 1.10 bits per heavy atom. The number of halogens is 2. The zero-order valence-corrected chi connectivity index (χ0v) is 25.8. The summed E-state index contributed by atoms with van der Waals surface area (Å²) in [6.45, 7) is 12.6. The Bertz CT molecular complexity index is 855. The van der Waals surface area contributed by atoms with Crippen LogP contribution in [0.25, 0.3) is 0 Å². The summed E-state index contributed by atoms with van der Waals surface area (Å²) >= 11 is 0. The normalized spacial score (nSPS) is 14.3. The lowest BCUT2D eigenvalue weighted by atomic mass is 10.1. The molecule has 0 aliphatic rings. The predicted octanol–water partition coefficient (Wildman–Crippen LogP) is 2.06. The monoisotopic (exact) mass is 619 g/mol.